The zero-order valence-electron chi connectivity index (χ0n) is 10.00. The van der Waals surface area contributed by atoms with Crippen molar-refractivity contribution >= 4 is 22.8 Å². The van der Waals surface area contributed by atoms with Gasteiger partial charge < -0.3 is 15.3 Å². The topological polar surface area (TPSA) is 80.6 Å². The monoisotopic (exact) mass is 260 g/mol. The average molecular weight is 260 g/mol. The second-order valence-electron chi connectivity index (χ2n) is 4.45. The fourth-order valence-electron chi connectivity index (χ4n) is 2.28. The van der Waals surface area contributed by atoms with E-state index in [1.165, 1.54) is 0 Å². The first-order valence-corrected chi connectivity index (χ1v) is 5.89. The molecule has 1 saturated heterocycles. The Kier molecular flexibility index (Phi) is 2.63. The quantitative estimate of drug-likeness (QED) is 0.607. The lowest BCUT2D eigenvalue weighted by molar-refractivity contribution is -0.157. The van der Waals surface area contributed by atoms with Crippen LogP contribution >= 0.6 is 0 Å². The number of cyclic esters (lactones) is 1. The van der Waals surface area contributed by atoms with Crippen molar-refractivity contribution in [1.82, 2.24) is 10.0 Å². The zero-order valence-corrected chi connectivity index (χ0v) is 10.00. The molecule has 2 aromatic rings. The maximum Gasteiger partial charge on any atom is 0.329 e. The van der Waals surface area contributed by atoms with Crippen LogP contribution in [0.5, 0.6) is 0 Å². The highest BCUT2D eigenvalue weighted by atomic mass is 16.5. The van der Waals surface area contributed by atoms with E-state index in [9.17, 15) is 14.8 Å². The Hall–Kier alpha value is -2.50. The molecule has 98 valence electrons. The van der Waals surface area contributed by atoms with E-state index in [2.05, 4.69) is 5.32 Å². The van der Waals surface area contributed by atoms with E-state index < -0.39 is 12.0 Å². The Morgan fingerprint density at radius 3 is 3.00 bits per heavy atom. The third-order valence-electron chi connectivity index (χ3n) is 3.16. The van der Waals surface area contributed by atoms with Crippen LogP contribution in [0.1, 0.15) is 5.56 Å². The fraction of sp³-hybridized carbons (Fsp3) is 0.231. The molecule has 2 heterocycles. The van der Waals surface area contributed by atoms with Crippen LogP contribution < -0.4 is 5.32 Å². The fourth-order valence-corrected chi connectivity index (χ4v) is 2.28. The second kappa shape index (κ2) is 4.31. The van der Waals surface area contributed by atoms with Crippen LogP contribution in [0, 0.1) is 0 Å². The molecule has 1 atom stereocenters. The summed E-state index contributed by atoms with van der Waals surface area (Å²) >= 11 is 0. The number of rotatable bonds is 2. The lowest BCUT2D eigenvalue weighted by atomic mass is 10.0. The number of esters is 1. The normalized spacial score (nSPS) is 19.3. The molecule has 1 aliphatic rings. The molecule has 1 aromatic heterocycles. The number of benzene rings is 1. The predicted octanol–water partition coefficient (Wildman–Crippen LogP) is 0.463. The molecule has 2 N–H and O–H groups in total. The lowest BCUT2D eigenvalue weighted by Crippen LogP contribution is -2.50. The number of hydrogen-bond acceptors (Lipinski definition) is 4. The van der Waals surface area contributed by atoms with Crippen molar-refractivity contribution in [2.24, 2.45) is 0 Å². The highest BCUT2D eigenvalue weighted by Gasteiger charge is 2.29. The van der Waals surface area contributed by atoms with Gasteiger partial charge in [0.15, 0.2) is 6.61 Å². The van der Waals surface area contributed by atoms with Crippen LogP contribution in [-0.2, 0) is 20.7 Å². The molecule has 0 spiro atoms. The number of carbonyl (C=O) groups excluding carboxylic acids is 2. The van der Waals surface area contributed by atoms with Crippen LogP contribution in [0.15, 0.2) is 30.5 Å². The molecule has 3 rings (SSSR count). The van der Waals surface area contributed by atoms with E-state index in [1.807, 2.05) is 18.2 Å². The van der Waals surface area contributed by atoms with Crippen molar-refractivity contribution < 1.29 is 19.5 Å². The Morgan fingerprint density at radius 1 is 1.37 bits per heavy atom. The molecule has 1 aliphatic heterocycles. The van der Waals surface area contributed by atoms with Gasteiger partial charge in [0, 0.05) is 18.0 Å². The van der Waals surface area contributed by atoms with Gasteiger partial charge in [0.1, 0.15) is 6.04 Å². The molecule has 1 amide bonds. The Morgan fingerprint density at radius 2 is 2.16 bits per heavy atom. The van der Waals surface area contributed by atoms with E-state index >= 15 is 0 Å². The first-order valence-electron chi connectivity index (χ1n) is 5.89. The molecule has 0 aliphatic carbocycles. The van der Waals surface area contributed by atoms with Crippen LogP contribution in [0.4, 0.5) is 0 Å². The second-order valence-corrected chi connectivity index (χ2v) is 4.45. The van der Waals surface area contributed by atoms with Gasteiger partial charge in [-0.05, 0) is 11.6 Å². The van der Waals surface area contributed by atoms with E-state index in [-0.39, 0.29) is 12.5 Å². The van der Waals surface area contributed by atoms with Crippen molar-refractivity contribution in [3.63, 3.8) is 0 Å². The number of ether oxygens (including phenoxy) is 1. The van der Waals surface area contributed by atoms with Crippen molar-refractivity contribution in [2.75, 3.05) is 6.61 Å². The summed E-state index contributed by atoms with van der Waals surface area (Å²) < 4.78 is 5.79. The summed E-state index contributed by atoms with van der Waals surface area (Å²) in [5, 5.41) is 13.2. The summed E-state index contributed by atoms with van der Waals surface area (Å²) in [6.45, 7) is -0.225. The lowest BCUT2D eigenvalue weighted by Gasteiger charge is -2.21. The molecule has 0 unspecified atom stereocenters. The van der Waals surface area contributed by atoms with E-state index in [0.717, 1.165) is 15.7 Å². The number of nitrogens with one attached hydrogen (secondary N) is 1. The maximum atomic E-state index is 11.6. The van der Waals surface area contributed by atoms with Crippen molar-refractivity contribution in [2.45, 2.75) is 12.5 Å². The van der Waals surface area contributed by atoms with E-state index in [4.69, 9.17) is 4.74 Å². The van der Waals surface area contributed by atoms with Crippen LogP contribution in [0.25, 0.3) is 10.9 Å². The maximum absolute atomic E-state index is 11.6. The molecule has 6 nitrogen and oxygen atoms in total. The standard InChI is InChI=1S/C13H12N2O4/c16-12-7-19-13(17)10(14-12)5-8-6-15(18)11-4-2-1-3-9(8)11/h1-4,6,10,18H,5,7H2,(H,14,16)/t10-/m0/s1. The highest BCUT2D eigenvalue weighted by Crippen LogP contribution is 2.21. The van der Waals surface area contributed by atoms with Crippen molar-refractivity contribution in [1.29, 1.82) is 0 Å². The molecule has 6 heteroatoms. The molecular weight excluding hydrogens is 248 g/mol. The number of para-hydroxylation sites is 1. The summed E-state index contributed by atoms with van der Waals surface area (Å²) in [5.41, 5.74) is 1.44. The number of fused-ring (bicyclic) bond motifs is 1. The first kappa shape index (κ1) is 11.6. The van der Waals surface area contributed by atoms with E-state index in [0.29, 0.717) is 11.9 Å². The minimum Gasteiger partial charge on any atom is -0.454 e. The Labute approximate surface area is 108 Å². The van der Waals surface area contributed by atoms with Gasteiger partial charge in [0.25, 0.3) is 5.91 Å². The summed E-state index contributed by atoms with van der Waals surface area (Å²) in [5.74, 6) is -0.758. The first-order chi connectivity index (χ1) is 9.15. The molecule has 0 saturated carbocycles. The predicted molar refractivity (Wildman–Crippen MR) is 65.7 cm³/mol. The average Bonchev–Trinajstić information content (AvgIpc) is 2.72. The molecule has 0 bridgehead atoms. The largest absolute Gasteiger partial charge is 0.454 e. The Bertz CT molecular complexity index is 662. The van der Waals surface area contributed by atoms with E-state index in [1.54, 1.807) is 12.3 Å². The minimum absolute atomic E-state index is 0.225. The van der Waals surface area contributed by atoms with Gasteiger partial charge in [-0.1, -0.05) is 18.2 Å². The third-order valence-corrected chi connectivity index (χ3v) is 3.16. The summed E-state index contributed by atoms with van der Waals surface area (Å²) in [6.07, 6.45) is 1.83. The number of amides is 1. The Balaban J connectivity index is 1.93. The van der Waals surface area contributed by atoms with Gasteiger partial charge in [0.05, 0.1) is 5.52 Å². The van der Waals surface area contributed by atoms with Crippen LogP contribution in [0.2, 0.25) is 0 Å². The summed E-state index contributed by atoms with van der Waals surface area (Å²) in [4.78, 5) is 22.8. The summed E-state index contributed by atoms with van der Waals surface area (Å²) in [7, 11) is 0. The van der Waals surface area contributed by atoms with Crippen molar-refractivity contribution in [3.8, 4) is 0 Å². The third kappa shape index (κ3) is 2.01. The minimum atomic E-state index is -0.702. The zero-order chi connectivity index (χ0) is 13.4. The molecule has 1 fully saturated rings. The summed E-state index contributed by atoms with van der Waals surface area (Å²) in [6, 6.07) is 6.59. The number of hydrogen-bond donors (Lipinski definition) is 2. The number of carbonyl (C=O) groups is 2. The van der Waals surface area contributed by atoms with Gasteiger partial charge in [-0.3, -0.25) is 4.79 Å². The van der Waals surface area contributed by atoms with Gasteiger partial charge >= 0.3 is 5.97 Å². The van der Waals surface area contributed by atoms with Gasteiger partial charge in [0.2, 0.25) is 0 Å². The molecular formula is C13H12N2O4. The number of aromatic nitrogens is 1. The van der Waals surface area contributed by atoms with Crippen LogP contribution in [0.3, 0.4) is 0 Å². The van der Waals surface area contributed by atoms with Gasteiger partial charge in [-0.25, -0.2) is 4.79 Å². The smallest absolute Gasteiger partial charge is 0.329 e. The van der Waals surface area contributed by atoms with Crippen molar-refractivity contribution in [3.05, 3.63) is 36.0 Å². The highest BCUT2D eigenvalue weighted by molar-refractivity contribution is 5.91. The van der Waals surface area contributed by atoms with Crippen LogP contribution in [-0.4, -0.2) is 34.5 Å². The number of morpholine rings is 1. The van der Waals surface area contributed by atoms with Gasteiger partial charge in [-0.15, -0.1) is 0 Å². The molecule has 0 radical (unpaired) electrons. The molecule has 1 aromatic carbocycles. The molecule has 19 heavy (non-hydrogen) atoms. The van der Waals surface area contributed by atoms with Gasteiger partial charge in [-0.2, -0.15) is 4.73 Å². The number of nitrogens with zero attached hydrogens (tertiary/aromatic N) is 1. The SMILES string of the molecule is O=C1COC(=O)[C@H](Cc2cn(O)c3ccccc23)N1.